The fourth-order valence-electron chi connectivity index (χ4n) is 4.57. The molecule has 0 spiro atoms. The number of benzene rings is 1. The Morgan fingerprint density at radius 3 is 2.96 bits per heavy atom. The van der Waals surface area contributed by atoms with Crippen molar-refractivity contribution >= 4 is 16.6 Å². The molecule has 1 aromatic heterocycles. The molecule has 1 heterocycles. The number of aliphatic hydroxyl groups is 1. The molecule has 24 heavy (non-hydrogen) atoms. The summed E-state index contributed by atoms with van der Waals surface area (Å²) in [6, 6.07) is 6.40. The van der Waals surface area contributed by atoms with Crippen molar-refractivity contribution in [3.63, 3.8) is 0 Å². The number of allylic oxidation sites excluding steroid dienone is 2. The Morgan fingerprint density at radius 2 is 2.12 bits per heavy atom. The maximum atomic E-state index is 9.00. The SMILES string of the molecule is Cc1ccc2c(N)c3c(nc2c1)CC1C=C(CCCCO)CC3C1. The van der Waals surface area contributed by atoms with Gasteiger partial charge in [-0.05, 0) is 68.9 Å². The zero-order chi connectivity index (χ0) is 16.7. The molecule has 1 aromatic carbocycles. The van der Waals surface area contributed by atoms with Crippen LogP contribution in [-0.2, 0) is 6.42 Å². The summed E-state index contributed by atoms with van der Waals surface area (Å²) >= 11 is 0. The lowest BCUT2D eigenvalue weighted by Crippen LogP contribution is -2.24. The molecular weight excluding hydrogens is 296 g/mol. The zero-order valence-electron chi connectivity index (χ0n) is 14.4. The number of pyridine rings is 1. The first-order valence-corrected chi connectivity index (χ1v) is 9.14. The van der Waals surface area contributed by atoms with Crippen LogP contribution >= 0.6 is 0 Å². The lowest BCUT2D eigenvalue weighted by atomic mass is 9.70. The molecule has 0 saturated heterocycles. The molecule has 2 aliphatic rings. The van der Waals surface area contributed by atoms with Gasteiger partial charge in [-0.2, -0.15) is 0 Å². The standard InChI is InChI=1S/C21H26N2O/c1-13-5-6-17-18(8-13)23-19-12-15-9-14(4-2-3-7-24)10-16(11-15)20(19)21(17)22/h5-6,8-9,15-16,24H,2-4,7,10-12H2,1H3,(H2,22,23). The van der Waals surface area contributed by atoms with E-state index in [1.54, 1.807) is 5.57 Å². The van der Waals surface area contributed by atoms with E-state index in [1.807, 2.05) is 0 Å². The van der Waals surface area contributed by atoms with Crippen LogP contribution in [-0.4, -0.2) is 16.7 Å². The lowest BCUT2D eigenvalue weighted by Gasteiger charge is -2.36. The number of nitrogens with two attached hydrogens (primary N) is 1. The van der Waals surface area contributed by atoms with Crippen LogP contribution in [0.1, 0.15) is 54.8 Å². The van der Waals surface area contributed by atoms with Crippen molar-refractivity contribution in [3.8, 4) is 0 Å². The van der Waals surface area contributed by atoms with Gasteiger partial charge in [-0.25, -0.2) is 0 Å². The van der Waals surface area contributed by atoms with Crippen molar-refractivity contribution in [1.29, 1.82) is 0 Å². The molecule has 4 rings (SSSR count). The first-order valence-electron chi connectivity index (χ1n) is 9.14. The molecule has 2 aromatic rings. The van der Waals surface area contributed by atoms with Gasteiger partial charge in [0.2, 0.25) is 0 Å². The van der Waals surface area contributed by atoms with E-state index in [0.29, 0.717) is 18.4 Å². The average Bonchev–Trinajstić information content (AvgIpc) is 2.54. The number of rotatable bonds is 4. The smallest absolute Gasteiger partial charge is 0.0728 e. The lowest BCUT2D eigenvalue weighted by molar-refractivity contribution is 0.284. The third-order valence-electron chi connectivity index (χ3n) is 5.64. The fraction of sp³-hybridized carbons (Fsp3) is 0.476. The molecule has 3 heteroatoms. The summed E-state index contributed by atoms with van der Waals surface area (Å²) in [4.78, 5) is 4.98. The summed E-state index contributed by atoms with van der Waals surface area (Å²) in [5.74, 6) is 1.13. The Kier molecular flexibility index (Phi) is 4.05. The van der Waals surface area contributed by atoms with E-state index >= 15 is 0 Å². The van der Waals surface area contributed by atoms with Gasteiger partial charge in [0.05, 0.1) is 5.52 Å². The number of aliphatic hydroxyl groups excluding tert-OH is 1. The van der Waals surface area contributed by atoms with Gasteiger partial charge in [0.25, 0.3) is 0 Å². The van der Waals surface area contributed by atoms with Crippen molar-refractivity contribution in [2.24, 2.45) is 5.92 Å². The van der Waals surface area contributed by atoms with E-state index in [9.17, 15) is 0 Å². The maximum absolute atomic E-state index is 9.00. The molecule has 2 atom stereocenters. The summed E-state index contributed by atoms with van der Waals surface area (Å²) in [6.45, 7) is 2.40. The van der Waals surface area contributed by atoms with Crippen LogP contribution in [0.3, 0.4) is 0 Å². The van der Waals surface area contributed by atoms with Gasteiger partial charge < -0.3 is 10.8 Å². The minimum Gasteiger partial charge on any atom is -0.398 e. The number of aryl methyl sites for hydroxylation is 1. The number of fused-ring (bicyclic) bond motifs is 5. The third-order valence-corrected chi connectivity index (χ3v) is 5.64. The Labute approximate surface area is 143 Å². The number of hydrogen-bond donors (Lipinski definition) is 2. The minimum absolute atomic E-state index is 0.297. The summed E-state index contributed by atoms with van der Waals surface area (Å²) in [5.41, 5.74) is 13.9. The van der Waals surface area contributed by atoms with Crippen molar-refractivity contribution in [1.82, 2.24) is 4.98 Å². The third kappa shape index (κ3) is 2.71. The highest BCUT2D eigenvalue weighted by Crippen LogP contribution is 2.47. The van der Waals surface area contributed by atoms with E-state index < -0.39 is 0 Å². The number of nitrogens with zero attached hydrogens (tertiary/aromatic N) is 1. The van der Waals surface area contributed by atoms with E-state index in [2.05, 4.69) is 31.2 Å². The van der Waals surface area contributed by atoms with E-state index in [-0.39, 0.29) is 0 Å². The van der Waals surface area contributed by atoms with Gasteiger partial charge in [-0.15, -0.1) is 0 Å². The van der Waals surface area contributed by atoms with E-state index in [4.69, 9.17) is 15.8 Å². The first kappa shape index (κ1) is 15.6. The highest BCUT2D eigenvalue weighted by Gasteiger charge is 2.33. The minimum atomic E-state index is 0.297. The van der Waals surface area contributed by atoms with Crippen LogP contribution in [0.4, 0.5) is 5.69 Å². The predicted octanol–water partition coefficient (Wildman–Crippen LogP) is 4.26. The molecular formula is C21H26N2O. The number of anilines is 1. The number of nitrogen functional groups attached to an aromatic ring is 1. The summed E-state index contributed by atoms with van der Waals surface area (Å²) < 4.78 is 0. The van der Waals surface area contributed by atoms with Crippen LogP contribution in [0.5, 0.6) is 0 Å². The van der Waals surface area contributed by atoms with E-state index in [1.165, 1.54) is 23.2 Å². The highest BCUT2D eigenvalue weighted by molar-refractivity contribution is 5.93. The first-order chi connectivity index (χ1) is 11.7. The van der Waals surface area contributed by atoms with Crippen molar-refractivity contribution in [3.05, 3.63) is 46.7 Å². The predicted molar refractivity (Wildman–Crippen MR) is 99.1 cm³/mol. The molecule has 3 N–H and O–H groups in total. The van der Waals surface area contributed by atoms with Crippen LogP contribution < -0.4 is 5.73 Å². The van der Waals surface area contributed by atoms with Crippen LogP contribution in [0.2, 0.25) is 0 Å². The van der Waals surface area contributed by atoms with E-state index in [0.717, 1.165) is 48.7 Å². The van der Waals surface area contributed by atoms with Crippen LogP contribution in [0.25, 0.3) is 10.9 Å². The quantitative estimate of drug-likeness (QED) is 0.653. The van der Waals surface area contributed by atoms with Gasteiger partial charge in [-0.1, -0.05) is 23.8 Å². The average molecular weight is 322 g/mol. The molecule has 0 saturated carbocycles. The Bertz CT molecular complexity index is 809. The van der Waals surface area contributed by atoms with Crippen molar-refractivity contribution < 1.29 is 5.11 Å². The monoisotopic (exact) mass is 322 g/mol. The number of aromatic nitrogens is 1. The second-order valence-electron chi connectivity index (χ2n) is 7.51. The van der Waals surface area contributed by atoms with Gasteiger partial charge in [0.15, 0.2) is 0 Å². The summed E-state index contributed by atoms with van der Waals surface area (Å²) in [5, 5.41) is 10.1. The molecule has 0 amide bonds. The Morgan fingerprint density at radius 1 is 1.25 bits per heavy atom. The molecule has 126 valence electrons. The van der Waals surface area contributed by atoms with Gasteiger partial charge in [0.1, 0.15) is 0 Å². The molecule has 0 aliphatic heterocycles. The maximum Gasteiger partial charge on any atom is 0.0728 e. The van der Waals surface area contributed by atoms with Gasteiger partial charge in [-0.3, -0.25) is 4.98 Å². The normalized spacial score (nSPS) is 22.3. The molecule has 2 unspecified atom stereocenters. The van der Waals surface area contributed by atoms with Gasteiger partial charge >= 0.3 is 0 Å². The largest absolute Gasteiger partial charge is 0.398 e. The van der Waals surface area contributed by atoms with Gasteiger partial charge in [0, 0.05) is 28.9 Å². The molecule has 0 fully saturated rings. The molecule has 2 bridgehead atoms. The Hall–Kier alpha value is -1.87. The fourth-order valence-corrected chi connectivity index (χ4v) is 4.57. The topological polar surface area (TPSA) is 59.1 Å². The molecule has 2 aliphatic carbocycles. The Balaban J connectivity index is 1.70. The number of hydrogen-bond acceptors (Lipinski definition) is 3. The van der Waals surface area contributed by atoms with Crippen LogP contribution in [0.15, 0.2) is 29.8 Å². The van der Waals surface area contributed by atoms with Crippen molar-refractivity contribution in [2.45, 2.75) is 51.4 Å². The molecule has 0 radical (unpaired) electrons. The number of unbranched alkanes of at least 4 members (excludes halogenated alkanes) is 1. The second-order valence-corrected chi connectivity index (χ2v) is 7.51. The highest BCUT2D eigenvalue weighted by atomic mass is 16.2. The zero-order valence-corrected chi connectivity index (χ0v) is 14.4. The van der Waals surface area contributed by atoms with Crippen molar-refractivity contribution in [2.75, 3.05) is 12.3 Å². The molecule has 3 nitrogen and oxygen atoms in total. The summed E-state index contributed by atoms with van der Waals surface area (Å²) in [6.07, 6.45) is 8.91. The van der Waals surface area contributed by atoms with Crippen LogP contribution in [0, 0.1) is 12.8 Å². The summed E-state index contributed by atoms with van der Waals surface area (Å²) in [7, 11) is 0. The second kappa shape index (κ2) is 6.21.